The Balaban J connectivity index is 1.95. The molecule has 3 rings (SSSR count). The van der Waals surface area contributed by atoms with Crippen molar-refractivity contribution in [2.45, 2.75) is 26.3 Å². The van der Waals surface area contributed by atoms with E-state index < -0.39 is 0 Å². The molecule has 0 unspecified atom stereocenters. The molecule has 0 radical (unpaired) electrons. The molecule has 3 aromatic carbocycles. The first-order chi connectivity index (χ1) is 12.5. The van der Waals surface area contributed by atoms with Gasteiger partial charge in [-0.1, -0.05) is 78.7 Å². The third-order valence-electron chi connectivity index (χ3n) is 3.81. The number of hydrogen-bond acceptors (Lipinski definition) is 1. The Morgan fingerprint density at radius 3 is 1.81 bits per heavy atom. The predicted molar refractivity (Wildman–Crippen MR) is 111 cm³/mol. The highest BCUT2D eigenvalue weighted by atomic mass is 14.8. The van der Waals surface area contributed by atoms with Crippen molar-refractivity contribution >= 4 is 5.71 Å². The van der Waals surface area contributed by atoms with Crippen LogP contribution < -0.4 is 0 Å². The number of rotatable bonds is 2. The maximum atomic E-state index is 4.84. The molecule has 0 heterocycles. The van der Waals surface area contributed by atoms with E-state index in [-0.39, 0.29) is 5.54 Å². The first kappa shape index (κ1) is 17.7. The zero-order valence-corrected chi connectivity index (χ0v) is 15.5. The average Bonchev–Trinajstić information content (AvgIpc) is 2.66. The molecule has 0 aliphatic heterocycles. The van der Waals surface area contributed by atoms with Crippen LogP contribution in [0, 0.1) is 11.8 Å². The summed E-state index contributed by atoms with van der Waals surface area (Å²) in [4.78, 5) is 4.84. The van der Waals surface area contributed by atoms with Crippen molar-refractivity contribution in [2.75, 3.05) is 0 Å². The van der Waals surface area contributed by atoms with Crippen LogP contribution in [0.25, 0.3) is 11.1 Å². The highest BCUT2D eigenvalue weighted by Crippen LogP contribution is 2.20. The molecule has 26 heavy (non-hydrogen) atoms. The van der Waals surface area contributed by atoms with Gasteiger partial charge in [-0.2, -0.15) is 0 Å². The van der Waals surface area contributed by atoms with Crippen molar-refractivity contribution in [1.82, 2.24) is 0 Å². The molecular weight excluding hydrogens is 314 g/mol. The second kappa shape index (κ2) is 7.85. The van der Waals surface area contributed by atoms with Crippen molar-refractivity contribution in [3.63, 3.8) is 0 Å². The Morgan fingerprint density at radius 2 is 1.23 bits per heavy atom. The molecule has 3 aromatic rings. The van der Waals surface area contributed by atoms with Gasteiger partial charge in [0, 0.05) is 11.1 Å². The van der Waals surface area contributed by atoms with Crippen LogP contribution in [-0.4, -0.2) is 11.3 Å². The van der Waals surface area contributed by atoms with Crippen LogP contribution in [0.15, 0.2) is 89.9 Å². The zero-order valence-electron chi connectivity index (χ0n) is 15.5. The van der Waals surface area contributed by atoms with Gasteiger partial charge in [-0.05, 0) is 50.0 Å². The molecule has 1 heteroatoms. The van der Waals surface area contributed by atoms with Gasteiger partial charge in [-0.25, -0.2) is 0 Å². The van der Waals surface area contributed by atoms with E-state index in [2.05, 4.69) is 81.1 Å². The van der Waals surface area contributed by atoms with Crippen LogP contribution in [0.2, 0.25) is 0 Å². The highest BCUT2D eigenvalue weighted by Gasteiger charge is 2.10. The monoisotopic (exact) mass is 337 g/mol. The van der Waals surface area contributed by atoms with Gasteiger partial charge >= 0.3 is 0 Å². The largest absolute Gasteiger partial charge is 0.270 e. The second-order valence-corrected chi connectivity index (χ2v) is 7.19. The molecule has 0 saturated heterocycles. The lowest BCUT2D eigenvalue weighted by Gasteiger charge is -2.14. The summed E-state index contributed by atoms with van der Waals surface area (Å²) in [5, 5.41) is 0. The molecule has 0 saturated carbocycles. The Hall–Kier alpha value is -3.11. The standard InChI is InChI=1S/C25H23N/c1-25(2,3)26-24(19-14-20-10-6-4-7-11-20)23-17-15-22(16-18-23)21-12-8-5-9-13-21/h4-13,15-18H,1-3H3. The van der Waals surface area contributed by atoms with Gasteiger partial charge in [0.25, 0.3) is 0 Å². The zero-order chi connectivity index (χ0) is 18.4. The topological polar surface area (TPSA) is 12.4 Å². The molecule has 0 aliphatic carbocycles. The number of nitrogens with zero attached hydrogens (tertiary/aromatic N) is 1. The summed E-state index contributed by atoms with van der Waals surface area (Å²) in [6.07, 6.45) is 0. The lowest BCUT2D eigenvalue weighted by molar-refractivity contribution is 0.585. The summed E-state index contributed by atoms with van der Waals surface area (Å²) >= 11 is 0. The van der Waals surface area contributed by atoms with Gasteiger partial charge in [-0.3, -0.25) is 4.99 Å². The van der Waals surface area contributed by atoms with Crippen LogP contribution in [0.5, 0.6) is 0 Å². The molecule has 0 N–H and O–H groups in total. The van der Waals surface area contributed by atoms with E-state index in [1.807, 2.05) is 36.4 Å². The molecule has 0 fully saturated rings. The normalized spacial score (nSPS) is 11.6. The maximum absolute atomic E-state index is 4.84. The fourth-order valence-corrected chi connectivity index (χ4v) is 2.60. The molecule has 0 bridgehead atoms. The second-order valence-electron chi connectivity index (χ2n) is 7.19. The summed E-state index contributed by atoms with van der Waals surface area (Å²) in [5.74, 6) is 6.50. The van der Waals surface area contributed by atoms with Crippen molar-refractivity contribution in [2.24, 2.45) is 4.99 Å². The van der Waals surface area contributed by atoms with Crippen molar-refractivity contribution in [3.8, 4) is 23.0 Å². The van der Waals surface area contributed by atoms with E-state index in [0.717, 1.165) is 16.8 Å². The predicted octanol–water partition coefficient (Wildman–Crippen LogP) is 5.99. The lowest BCUT2D eigenvalue weighted by atomic mass is 10.0. The third kappa shape index (κ3) is 4.94. The molecule has 0 amide bonds. The third-order valence-corrected chi connectivity index (χ3v) is 3.81. The fraction of sp³-hybridized carbons (Fsp3) is 0.160. The molecule has 0 atom stereocenters. The summed E-state index contributed by atoms with van der Waals surface area (Å²) in [5.41, 5.74) is 5.09. The Morgan fingerprint density at radius 1 is 0.692 bits per heavy atom. The minimum atomic E-state index is -0.182. The van der Waals surface area contributed by atoms with Crippen LogP contribution in [0.3, 0.4) is 0 Å². The van der Waals surface area contributed by atoms with Crippen LogP contribution in [-0.2, 0) is 0 Å². The first-order valence-electron chi connectivity index (χ1n) is 8.84. The van der Waals surface area contributed by atoms with E-state index in [0.29, 0.717) is 0 Å². The summed E-state index contributed by atoms with van der Waals surface area (Å²) in [6.45, 7) is 6.28. The molecule has 0 spiro atoms. The average molecular weight is 337 g/mol. The van der Waals surface area contributed by atoms with Crippen LogP contribution in [0.4, 0.5) is 0 Å². The Labute approximate surface area is 156 Å². The van der Waals surface area contributed by atoms with Gasteiger partial charge in [0.15, 0.2) is 0 Å². The summed E-state index contributed by atoms with van der Waals surface area (Å²) in [7, 11) is 0. The quantitative estimate of drug-likeness (QED) is 0.402. The van der Waals surface area contributed by atoms with E-state index in [9.17, 15) is 0 Å². The smallest absolute Gasteiger partial charge is 0.115 e. The van der Waals surface area contributed by atoms with Gasteiger partial charge in [0.05, 0.1) is 5.54 Å². The van der Waals surface area contributed by atoms with Crippen molar-refractivity contribution in [1.29, 1.82) is 0 Å². The van der Waals surface area contributed by atoms with Crippen LogP contribution >= 0.6 is 0 Å². The van der Waals surface area contributed by atoms with E-state index >= 15 is 0 Å². The first-order valence-corrected chi connectivity index (χ1v) is 8.84. The fourth-order valence-electron chi connectivity index (χ4n) is 2.60. The Kier molecular flexibility index (Phi) is 5.34. The van der Waals surface area contributed by atoms with Gasteiger partial charge in [-0.15, -0.1) is 0 Å². The summed E-state index contributed by atoms with van der Waals surface area (Å²) in [6, 6.07) is 28.9. The van der Waals surface area contributed by atoms with Gasteiger partial charge < -0.3 is 0 Å². The summed E-state index contributed by atoms with van der Waals surface area (Å²) < 4.78 is 0. The molecular formula is C25H23N. The molecule has 128 valence electrons. The Bertz CT molecular complexity index is 932. The van der Waals surface area contributed by atoms with E-state index in [1.54, 1.807) is 0 Å². The van der Waals surface area contributed by atoms with E-state index in [4.69, 9.17) is 4.99 Å². The number of hydrogen-bond donors (Lipinski definition) is 0. The van der Waals surface area contributed by atoms with Crippen LogP contribution in [0.1, 0.15) is 31.9 Å². The lowest BCUT2D eigenvalue weighted by Crippen LogP contribution is -2.14. The maximum Gasteiger partial charge on any atom is 0.115 e. The minimum absolute atomic E-state index is 0.182. The SMILES string of the molecule is CC(C)(C)N=C(C#Cc1ccccc1)c1ccc(-c2ccccc2)cc1. The van der Waals surface area contributed by atoms with Gasteiger partial charge in [0.1, 0.15) is 5.71 Å². The molecule has 0 aliphatic rings. The minimum Gasteiger partial charge on any atom is -0.270 e. The van der Waals surface area contributed by atoms with Gasteiger partial charge in [0.2, 0.25) is 0 Å². The van der Waals surface area contributed by atoms with Crippen molar-refractivity contribution in [3.05, 3.63) is 96.1 Å². The van der Waals surface area contributed by atoms with Crippen molar-refractivity contribution < 1.29 is 0 Å². The molecule has 1 nitrogen and oxygen atoms in total. The number of aliphatic imine (C=N–C) groups is 1. The highest BCUT2D eigenvalue weighted by molar-refractivity contribution is 6.13. The number of benzene rings is 3. The molecule has 0 aromatic heterocycles. The van der Waals surface area contributed by atoms with E-state index in [1.165, 1.54) is 11.1 Å².